The molecule has 1 aliphatic rings. The molecule has 5 unspecified atom stereocenters. The summed E-state index contributed by atoms with van der Waals surface area (Å²) in [6.45, 7) is -0.614. The third-order valence-corrected chi connectivity index (χ3v) is 6.36. The highest BCUT2D eigenvalue weighted by atomic mass is 35.5. The summed E-state index contributed by atoms with van der Waals surface area (Å²) < 4.78 is 47.1. The van der Waals surface area contributed by atoms with E-state index in [1.165, 1.54) is 12.3 Å². The van der Waals surface area contributed by atoms with E-state index in [0.717, 1.165) is 28.6 Å². The summed E-state index contributed by atoms with van der Waals surface area (Å²) in [5.74, 6) is -4.48. The molecule has 0 radical (unpaired) electrons. The first-order valence-electron chi connectivity index (χ1n) is 9.52. The Labute approximate surface area is 198 Å². The van der Waals surface area contributed by atoms with Crippen LogP contribution in [-0.4, -0.2) is 70.9 Å². The van der Waals surface area contributed by atoms with Crippen LogP contribution < -0.4 is 0 Å². The number of benzene rings is 1. The van der Waals surface area contributed by atoms with Gasteiger partial charge < -0.3 is 20.1 Å². The van der Waals surface area contributed by atoms with Crippen molar-refractivity contribution in [1.29, 1.82) is 5.26 Å². The number of hydrogen-bond acceptors (Lipinski definition) is 10. The fraction of sp³-hybridized carbons (Fsp3) is 0.316. The summed E-state index contributed by atoms with van der Waals surface area (Å²) >= 11 is 6.83. The van der Waals surface area contributed by atoms with E-state index in [0.29, 0.717) is 0 Å². The van der Waals surface area contributed by atoms with Gasteiger partial charge in [0.1, 0.15) is 46.6 Å². The Kier molecular flexibility index (Phi) is 7.03. The van der Waals surface area contributed by atoms with E-state index in [-0.39, 0.29) is 27.0 Å². The Morgan fingerprint density at radius 1 is 1.12 bits per heavy atom. The molecule has 1 aliphatic heterocycles. The minimum absolute atomic E-state index is 0.0280. The molecular formula is C19H14ClF3N6O4S. The largest absolute Gasteiger partial charge is 0.394 e. The second kappa shape index (κ2) is 9.82. The number of thioether (sulfide) groups is 1. The predicted octanol–water partition coefficient (Wildman–Crippen LogP) is 1.45. The monoisotopic (exact) mass is 514 g/mol. The lowest BCUT2D eigenvalue weighted by Crippen LogP contribution is -2.55. The first-order valence-corrected chi connectivity index (χ1v) is 10.8. The van der Waals surface area contributed by atoms with Gasteiger partial charge in [0, 0.05) is 5.56 Å². The molecule has 1 saturated heterocycles. The summed E-state index contributed by atoms with van der Waals surface area (Å²) in [6, 6.07) is 3.35. The van der Waals surface area contributed by atoms with Crippen molar-refractivity contribution in [3.05, 3.63) is 52.6 Å². The van der Waals surface area contributed by atoms with Gasteiger partial charge >= 0.3 is 0 Å². The van der Waals surface area contributed by atoms with Crippen molar-refractivity contribution in [1.82, 2.24) is 25.2 Å². The van der Waals surface area contributed by atoms with Crippen molar-refractivity contribution in [2.75, 3.05) is 6.61 Å². The fourth-order valence-corrected chi connectivity index (χ4v) is 4.60. The van der Waals surface area contributed by atoms with Crippen molar-refractivity contribution in [3.63, 3.8) is 0 Å². The quantitative estimate of drug-likeness (QED) is 0.427. The lowest BCUT2D eigenvalue weighted by molar-refractivity contribution is -0.178. The van der Waals surface area contributed by atoms with E-state index in [4.69, 9.17) is 21.6 Å². The van der Waals surface area contributed by atoms with E-state index in [2.05, 4.69) is 20.5 Å². The minimum Gasteiger partial charge on any atom is -0.394 e. The molecule has 0 saturated carbocycles. The third kappa shape index (κ3) is 4.58. The zero-order valence-electron chi connectivity index (χ0n) is 16.8. The second-order valence-corrected chi connectivity index (χ2v) is 8.67. The van der Waals surface area contributed by atoms with Gasteiger partial charge in [-0.25, -0.2) is 17.9 Å². The molecule has 3 N–H and O–H groups in total. The molecule has 1 fully saturated rings. The van der Waals surface area contributed by atoms with Gasteiger partial charge in [0.25, 0.3) is 0 Å². The molecule has 0 bridgehead atoms. The lowest BCUT2D eigenvalue weighted by Gasteiger charge is -2.41. The standard InChI is InChI=1S/C19H14ClF3N6O4S/c20-8-3-14(27-25-11(8)4-24)34-19-18(32)16(17(31)13(6-30)33-19)29-5-12(26-28-29)7-1-9(21)15(23)10(22)2-7/h1-3,5,13,16-19,30-32H,6H2. The number of hydrogen-bond donors (Lipinski definition) is 3. The molecule has 1 aromatic carbocycles. The highest BCUT2D eigenvalue weighted by Crippen LogP contribution is 2.38. The average Bonchev–Trinajstić information content (AvgIpc) is 3.29. The number of aliphatic hydroxyl groups is 3. The summed E-state index contributed by atoms with van der Waals surface area (Å²) in [4.78, 5) is 0. The van der Waals surface area contributed by atoms with E-state index in [1.807, 2.05) is 0 Å². The maximum atomic E-state index is 13.6. The molecule has 3 heterocycles. The van der Waals surface area contributed by atoms with Crippen molar-refractivity contribution < 1.29 is 33.2 Å². The van der Waals surface area contributed by atoms with Crippen LogP contribution in [0.2, 0.25) is 5.02 Å². The number of rotatable bonds is 5. The number of nitriles is 1. The van der Waals surface area contributed by atoms with Crippen LogP contribution in [-0.2, 0) is 4.74 Å². The van der Waals surface area contributed by atoms with Crippen molar-refractivity contribution in [3.8, 4) is 17.3 Å². The van der Waals surface area contributed by atoms with Gasteiger partial charge in [-0.05, 0) is 18.2 Å². The maximum Gasteiger partial charge on any atom is 0.194 e. The Bertz CT molecular complexity index is 1240. The van der Waals surface area contributed by atoms with Crippen LogP contribution >= 0.6 is 23.4 Å². The predicted molar refractivity (Wildman–Crippen MR) is 110 cm³/mol. The summed E-state index contributed by atoms with van der Waals surface area (Å²) in [5.41, 5.74) is -1.37. The van der Waals surface area contributed by atoms with Gasteiger partial charge in [-0.3, -0.25) is 0 Å². The number of halogens is 4. The molecule has 3 aromatic rings. The number of ether oxygens (including phenoxy) is 1. The van der Waals surface area contributed by atoms with Crippen LogP contribution in [0.4, 0.5) is 13.2 Å². The first-order chi connectivity index (χ1) is 16.2. The van der Waals surface area contributed by atoms with Crippen LogP contribution in [0.25, 0.3) is 11.3 Å². The SMILES string of the molecule is N#Cc1nnc(SC2OC(CO)C(O)C(n3cc(-c4cc(F)c(F)c(F)c4)nn3)C2O)cc1Cl. The molecule has 0 spiro atoms. The normalized spacial score (nSPS) is 24.7. The molecular weight excluding hydrogens is 501 g/mol. The summed E-state index contributed by atoms with van der Waals surface area (Å²) in [6.07, 6.45) is -2.86. The maximum absolute atomic E-state index is 13.6. The van der Waals surface area contributed by atoms with Gasteiger partial charge in [-0.15, -0.1) is 15.3 Å². The van der Waals surface area contributed by atoms with Gasteiger partial charge in [-0.1, -0.05) is 28.6 Å². The molecule has 34 heavy (non-hydrogen) atoms. The van der Waals surface area contributed by atoms with Crippen LogP contribution in [0.15, 0.2) is 29.4 Å². The number of aliphatic hydroxyl groups excluding tert-OH is 3. The van der Waals surface area contributed by atoms with E-state index in [9.17, 15) is 28.5 Å². The van der Waals surface area contributed by atoms with Crippen LogP contribution in [0, 0.1) is 28.8 Å². The van der Waals surface area contributed by atoms with Crippen molar-refractivity contribution in [2.45, 2.75) is 34.8 Å². The van der Waals surface area contributed by atoms with E-state index < -0.39 is 53.8 Å². The molecule has 0 aliphatic carbocycles. The highest BCUT2D eigenvalue weighted by Gasteiger charge is 2.46. The van der Waals surface area contributed by atoms with E-state index in [1.54, 1.807) is 6.07 Å². The molecule has 5 atom stereocenters. The molecule has 178 valence electrons. The second-order valence-electron chi connectivity index (χ2n) is 7.14. The molecule has 0 amide bonds. The van der Waals surface area contributed by atoms with E-state index >= 15 is 0 Å². The minimum atomic E-state index is -1.64. The zero-order chi connectivity index (χ0) is 24.6. The zero-order valence-corrected chi connectivity index (χ0v) is 18.3. The van der Waals surface area contributed by atoms with Crippen LogP contribution in [0.5, 0.6) is 0 Å². The molecule has 4 rings (SSSR count). The van der Waals surface area contributed by atoms with Gasteiger partial charge in [0.15, 0.2) is 23.1 Å². The Morgan fingerprint density at radius 3 is 2.44 bits per heavy atom. The van der Waals surface area contributed by atoms with Crippen molar-refractivity contribution in [2.24, 2.45) is 0 Å². The summed E-state index contributed by atoms with van der Waals surface area (Å²) in [5, 5.41) is 55.5. The lowest BCUT2D eigenvalue weighted by atomic mass is 9.97. The smallest absolute Gasteiger partial charge is 0.194 e. The van der Waals surface area contributed by atoms with Gasteiger partial charge in [-0.2, -0.15) is 5.26 Å². The number of nitrogens with zero attached hydrogens (tertiary/aromatic N) is 6. The van der Waals surface area contributed by atoms with Crippen LogP contribution in [0.3, 0.4) is 0 Å². The number of aromatic nitrogens is 5. The third-order valence-electron chi connectivity index (χ3n) is 5.01. The average molecular weight is 515 g/mol. The molecule has 2 aromatic heterocycles. The van der Waals surface area contributed by atoms with Crippen molar-refractivity contribution >= 4 is 23.4 Å². The fourth-order valence-electron chi connectivity index (χ4n) is 3.34. The summed E-state index contributed by atoms with van der Waals surface area (Å²) in [7, 11) is 0. The topological polar surface area (TPSA) is 150 Å². The Morgan fingerprint density at radius 2 is 1.82 bits per heavy atom. The molecule has 15 heteroatoms. The van der Waals surface area contributed by atoms with Gasteiger partial charge in [0.2, 0.25) is 0 Å². The van der Waals surface area contributed by atoms with Gasteiger partial charge in [0.05, 0.1) is 17.8 Å². The Balaban J connectivity index is 1.63. The molecule has 10 nitrogen and oxygen atoms in total. The Hall–Kier alpha value is -2.80. The van der Waals surface area contributed by atoms with Crippen LogP contribution in [0.1, 0.15) is 11.7 Å². The highest BCUT2D eigenvalue weighted by molar-refractivity contribution is 7.99. The first kappa shape index (κ1) is 24.3.